The highest BCUT2D eigenvalue weighted by atomic mass is 16.5. The van der Waals surface area contributed by atoms with Crippen LogP contribution in [0, 0.1) is 5.92 Å². The Hall–Kier alpha value is -0.120. The fraction of sp³-hybridized carbons (Fsp3) is 1.00. The average molecular weight is 158 g/mol. The van der Waals surface area contributed by atoms with Crippen molar-refractivity contribution >= 4 is 0 Å². The fourth-order valence-electron chi connectivity index (χ4n) is 1.20. The predicted molar refractivity (Wildman–Crippen MR) is 45.4 cm³/mol. The van der Waals surface area contributed by atoms with Gasteiger partial charge in [0.15, 0.2) is 0 Å². The van der Waals surface area contributed by atoms with E-state index in [-0.39, 0.29) is 0 Å². The summed E-state index contributed by atoms with van der Waals surface area (Å²) in [5.74, 6) is 0.712. The fourth-order valence-corrected chi connectivity index (χ4v) is 1.20. The van der Waals surface area contributed by atoms with Crippen LogP contribution in [-0.4, -0.2) is 32.3 Å². The molecule has 0 aliphatic carbocycles. The van der Waals surface area contributed by atoms with E-state index in [0.717, 1.165) is 19.8 Å². The Morgan fingerprint density at radius 2 is 2.55 bits per heavy atom. The molecule has 2 unspecified atom stereocenters. The zero-order valence-electron chi connectivity index (χ0n) is 7.18. The van der Waals surface area contributed by atoms with Crippen molar-refractivity contribution in [3.63, 3.8) is 0 Å². The van der Waals surface area contributed by atoms with Crippen molar-refractivity contribution in [1.29, 1.82) is 0 Å². The lowest BCUT2D eigenvalue weighted by atomic mass is 10.1. The molecule has 0 amide bonds. The first-order valence-electron chi connectivity index (χ1n) is 4.34. The topological polar surface area (TPSA) is 47.3 Å². The standard InChI is InChI=1S/C8H18N2O/c1-7(4-9)10-5-8-2-3-11-6-8/h7-8,10H,2-6,9H2,1H3. The van der Waals surface area contributed by atoms with E-state index in [1.165, 1.54) is 6.42 Å². The summed E-state index contributed by atoms with van der Waals surface area (Å²) in [4.78, 5) is 0. The van der Waals surface area contributed by atoms with Crippen LogP contribution in [0.25, 0.3) is 0 Å². The first kappa shape index (κ1) is 8.97. The molecule has 0 spiro atoms. The van der Waals surface area contributed by atoms with E-state index in [0.29, 0.717) is 18.5 Å². The summed E-state index contributed by atoms with van der Waals surface area (Å²) in [6.45, 7) is 5.73. The summed E-state index contributed by atoms with van der Waals surface area (Å²) >= 11 is 0. The minimum Gasteiger partial charge on any atom is -0.381 e. The number of nitrogens with two attached hydrogens (primary N) is 1. The largest absolute Gasteiger partial charge is 0.381 e. The second-order valence-corrected chi connectivity index (χ2v) is 3.27. The molecule has 3 heteroatoms. The number of hydrogen-bond acceptors (Lipinski definition) is 3. The lowest BCUT2D eigenvalue weighted by molar-refractivity contribution is 0.184. The van der Waals surface area contributed by atoms with Crippen LogP contribution in [0.15, 0.2) is 0 Å². The van der Waals surface area contributed by atoms with E-state index in [2.05, 4.69) is 12.2 Å². The second-order valence-electron chi connectivity index (χ2n) is 3.27. The molecule has 1 rings (SSSR count). The molecule has 3 nitrogen and oxygen atoms in total. The van der Waals surface area contributed by atoms with Gasteiger partial charge in [-0.05, 0) is 19.3 Å². The molecule has 66 valence electrons. The molecule has 0 bridgehead atoms. The summed E-state index contributed by atoms with van der Waals surface area (Å²) in [5.41, 5.74) is 5.46. The maximum Gasteiger partial charge on any atom is 0.0507 e. The first-order chi connectivity index (χ1) is 5.33. The van der Waals surface area contributed by atoms with E-state index in [9.17, 15) is 0 Å². The van der Waals surface area contributed by atoms with Gasteiger partial charge in [0.05, 0.1) is 6.61 Å². The monoisotopic (exact) mass is 158 g/mol. The molecule has 0 aromatic heterocycles. The molecule has 1 aliphatic heterocycles. The van der Waals surface area contributed by atoms with Gasteiger partial charge in [0.25, 0.3) is 0 Å². The molecule has 1 heterocycles. The molecule has 0 aromatic carbocycles. The van der Waals surface area contributed by atoms with Gasteiger partial charge >= 0.3 is 0 Å². The molecule has 0 saturated carbocycles. The van der Waals surface area contributed by atoms with Crippen LogP contribution in [0.5, 0.6) is 0 Å². The number of rotatable bonds is 4. The highest BCUT2D eigenvalue weighted by Gasteiger charge is 2.15. The lowest BCUT2D eigenvalue weighted by Gasteiger charge is -2.13. The zero-order chi connectivity index (χ0) is 8.10. The summed E-state index contributed by atoms with van der Waals surface area (Å²) in [7, 11) is 0. The third-order valence-electron chi connectivity index (χ3n) is 2.13. The molecule has 3 N–H and O–H groups in total. The van der Waals surface area contributed by atoms with Crippen LogP contribution >= 0.6 is 0 Å². The van der Waals surface area contributed by atoms with Gasteiger partial charge in [-0.15, -0.1) is 0 Å². The maximum atomic E-state index is 5.46. The molecule has 1 aliphatic rings. The van der Waals surface area contributed by atoms with Crippen molar-refractivity contribution in [2.45, 2.75) is 19.4 Å². The molecule has 0 aromatic rings. The Morgan fingerprint density at radius 1 is 1.73 bits per heavy atom. The summed E-state index contributed by atoms with van der Waals surface area (Å²) in [5, 5.41) is 3.37. The molecular formula is C8H18N2O. The maximum absolute atomic E-state index is 5.46. The quantitative estimate of drug-likeness (QED) is 0.603. The van der Waals surface area contributed by atoms with Gasteiger partial charge in [0.1, 0.15) is 0 Å². The molecule has 11 heavy (non-hydrogen) atoms. The van der Waals surface area contributed by atoms with Gasteiger partial charge in [-0.3, -0.25) is 0 Å². The van der Waals surface area contributed by atoms with E-state index >= 15 is 0 Å². The lowest BCUT2D eigenvalue weighted by Crippen LogP contribution is -2.36. The summed E-state index contributed by atoms with van der Waals surface area (Å²) in [6, 6.07) is 0.440. The Balaban J connectivity index is 2.01. The predicted octanol–water partition coefficient (Wildman–Crippen LogP) is -0.0403. The highest BCUT2D eigenvalue weighted by molar-refractivity contribution is 4.69. The second kappa shape index (κ2) is 4.70. The van der Waals surface area contributed by atoms with E-state index in [1.54, 1.807) is 0 Å². The number of ether oxygens (including phenoxy) is 1. The van der Waals surface area contributed by atoms with Crippen molar-refractivity contribution in [1.82, 2.24) is 5.32 Å². The highest BCUT2D eigenvalue weighted by Crippen LogP contribution is 2.10. The Bertz CT molecular complexity index is 102. The van der Waals surface area contributed by atoms with Crippen LogP contribution in [0.4, 0.5) is 0 Å². The summed E-state index contributed by atoms with van der Waals surface area (Å²) < 4.78 is 5.25. The van der Waals surface area contributed by atoms with Crippen molar-refractivity contribution in [3.8, 4) is 0 Å². The van der Waals surface area contributed by atoms with Crippen LogP contribution in [0.1, 0.15) is 13.3 Å². The van der Waals surface area contributed by atoms with E-state index in [4.69, 9.17) is 10.5 Å². The molecule has 0 radical (unpaired) electrons. The van der Waals surface area contributed by atoms with Crippen LogP contribution < -0.4 is 11.1 Å². The molecule has 1 fully saturated rings. The molecular weight excluding hydrogens is 140 g/mol. The third kappa shape index (κ3) is 3.18. The SMILES string of the molecule is CC(CN)NCC1CCOC1. The average Bonchev–Trinajstić information content (AvgIpc) is 2.52. The van der Waals surface area contributed by atoms with Crippen molar-refractivity contribution in [2.24, 2.45) is 11.7 Å². The Kier molecular flexibility index (Phi) is 3.83. The van der Waals surface area contributed by atoms with Crippen LogP contribution in [0.3, 0.4) is 0 Å². The Labute approximate surface area is 68.3 Å². The normalized spacial score (nSPS) is 27.3. The van der Waals surface area contributed by atoms with E-state index in [1.807, 2.05) is 0 Å². The van der Waals surface area contributed by atoms with Gasteiger partial charge in [-0.1, -0.05) is 0 Å². The van der Waals surface area contributed by atoms with Gasteiger partial charge in [-0.2, -0.15) is 0 Å². The van der Waals surface area contributed by atoms with Crippen LogP contribution in [-0.2, 0) is 4.74 Å². The van der Waals surface area contributed by atoms with Gasteiger partial charge in [0.2, 0.25) is 0 Å². The van der Waals surface area contributed by atoms with Crippen molar-refractivity contribution < 1.29 is 4.74 Å². The van der Waals surface area contributed by atoms with Gasteiger partial charge in [-0.25, -0.2) is 0 Å². The minimum atomic E-state index is 0.440. The number of nitrogens with one attached hydrogen (secondary N) is 1. The first-order valence-corrected chi connectivity index (χ1v) is 4.34. The zero-order valence-corrected chi connectivity index (χ0v) is 7.18. The van der Waals surface area contributed by atoms with Crippen LogP contribution in [0.2, 0.25) is 0 Å². The smallest absolute Gasteiger partial charge is 0.0507 e. The molecule has 1 saturated heterocycles. The molecule has 2 atom stereocenters. The van der Waals surface area contributed by atoms with Gasteiger partial charge < -0.3 is 15.8 Å². The van der Waals surface area contributed by atoms with E-state index < -0.39 is 0 Å². The number of hydrogen-bond donors (Lipinski definition) is 2. The van der Waals surface area contributed by atoms with Crippen molar-refractivity contribution in [2.75, 3.05) is 26.3 Å². The van der Waals surface area contributed by atoms with Crippen molar-refractivity contribution in [3.05, 3.63) is 0 Å². The summed E-state index contributed by atoms with van der Waals surface area (Å²) in [6.07, 6.45) is 1.20. The third-order valence-corrected chi connectivity index (χ3v) is 2.13. The van der Waals surface area contributed by atoms with Gasteiger partial charge in [0, 0.05) is 25.7 Å². The Morgan fingerprint density at radius 3 is 3.09 bits per heavy atom. The minimum absolute atomic E-state index is 0.440.